The number of halogens is 1. The Labute approximate surface area is 104 Å². The average Bonchev–Trinajstić information content (AvgIpc) is 2.62. The van der Waals surface area contributed by atoms with E-state index in [0.717, 1.165) is 0 Å². The van der Waals surface area contributed by atoms with E-state index in [-0.39, 0.29) is 24.7 Å². The fourth-order valence-corrected chi connectivity index (χ4v) is 1.70. The maximum atomic E-state index is 10.4. The molecule has 0 aliphatic carbocycles. The van der Waals surface area contributed by atoms with Crippen LogP contribution in [0.25, 0.3) is 0 Å². The van der Waals surface area contributed by atoms with E-state index >= 15 is 0 Å². The first-order valence-electron chi connectivity index (χ1n) is 4.75. The van der Waals surface area contributed by atoms with Gasteiger partial charge in [0.1, 0.15) is 0 Å². The van der Waals surface area contributed by atoms with Crippen LogP contribution < -0.4 is 0 Å². The molecule has 1 heterocycles. The third-order valence-electron chi connectivity index (χ3n) is 1.97. The number of benzene rings is 1. The monoisotopic (exact) mass is 257 g/mol. The molecule has 0 atom stereocenters. The highest BCUT2D eigenvalue weighted by Crippen LogP contribution is 2.13. The molecule has 0 aromatic heterocycles. The fourth-order valence-electron chi connectivity index (χ4n) is 1.11. The Bertz CT molecular complexity index is 354. The van der Waals surface area contributed by atoms with Crippen molar-refractivity contribution in [1.29, 1.82) is 0 Å². The van der Waals surface area contributed by atoms with Crippen molar-refractivity contribution in [3.8, 4) is 0 Å². The van der Waals surface area contributed by atoms with Crippen molar-refractivity contribution in [3.63, 3.8) is 0 Å². The summed E-state index contributed by atoms with van der Waals surface area (Å²) in [4.78, 5) is 22.0. The Kier molecular flexibility index (Phi) is 5.35. The Morgan fingerprint density at radius 2 is 1.62 bits per heavy atom. The van der Waals surface area contributed by atoms with Gasteiger partial charge in [0.2, 0.25) is 11.8 Å². The Hall–Kier alpha value is -1.00. The van der Waals surface area contributed by atoms with Crippen LogP contribution in [0.15, 0.2) is 35.2 Å². The van der Waals surface area contributed by atoms with Crippen LogP contribution in [0.4, 0.5) is 0 Å². The highest BCUT2D eigenvalue weighted by atomic mass is 35.5. The van der Waals surface area contributed by atoms with Crippen molar-refractivity contribution in [2.24, 2.45) is 0 Å². The van der Waals surface area contributed by atoms with Gasteiger partial charge in [-0.3, -0.25) is 9.59 Å². The first-order valence-corrected chi connectivity index (χ1v) is 6.32. The molecule has 1 aliphatic rings. The number of imide groups is 1. The summed E-state index contributed by atoms with van der Waals surface area (Å²) in [5.41, 5.74) is 0. The molecule has 1 aliphatic heterocycles. The number of amides is 2. The van der Waals surface area contributed by atoms with Gasteiger partial charge < -0.3 is 0 Å². The van der Waals surface area contributed by atoms with E-state index in [2.05, 4.69) is 18.4 Å². The summed E-state index contributed by atoms with van der Waals surface area (Å²) >= 11 is 6.92. The van der Waals surface area contributed by atoms with E-state index in [9.17, 15) is 9.59 Å². The van der Waals surface area contributed by atoms with Gasteiger partial charge in [0, 0.05) is 29.5 Å². The third-order valence-corrected chi connectivity index (χ3v) is 3.09. The molecule has 0 spiro atoms. The number of nitrogens with zero attached hydrogens (tertiary/aromatic N) is 1. The molecule has 0 bridgehead atoms. The zero-order valence-corrected chi connectivity index (χ0v) is 10.4. The van der Waals surface area contributed by atoms with Crippen LogP contribution in [-0.2, 0) is 9.59 Å². The topological polar surface area (TPSA) is 37.4 Å². The van der Waals surface area contributed by atoms with Gasteiger partial charge in [-0.05, 0) is 18.4 Å². The minimum Gasteiger partial charge on any atom is -0.273 e. The van der Waals surface area contributed by atoms with Gasteiger partial charge in [0.15, 0.2) is 0 Å². The molecule has 1 aromatic carbocycles. The Morgan fingerprint density at radius 3 is 1.88 bits per heavy atom. The van der Waals surface area contributed by atoms with Crippen LogP contribution in [0.3, 0.4) is 0 Å². The molecule has 3 nitrogen and oxygen atoms in total. The number of thioether (sulfide) groups is 1. The van der Waals surface area contributed by atoms with Crippen LogP contribution in [0.2, 0.25) is 0 Å². The summed E-state index contributed by atoms with van der Waals surface area (Å²) in [6.07, 6.45) is 2.61. The second-order valence-corrected chi connectivity index (χ2v) is 4.30. The Morgan fingerprint density at radius 1 is 1.12 bits per heavy atom. The number of rotatable bonds is 1. The second kappa shape index (κ2) is 6.55. The third kappa shape index (κ3) is 3.87. The standard InChI is InChI=1S/C7H8S.C4H4ClNO2/c1-8-7-5-3-2-4-6-7;5-6-3(7)1-2-4(6)8/h2-6H,1H3;1-2H2. The number of carbonyl (C=O) groups is 2. The number of carbonyl (C=O) groups excluding carboxylic acids is 2. The van der Waals surface area contributed by atoms with Gasteiger partial charge in [-0.25, -0.2) is 0 Å². The van der Waals surface area contributed by atoms with Crippen molar-refractivity contribution < 1.29 is 9.59 Å². The molecular formula is C11H12ClNO2S. The van der Waals surface area contributed by atoms with Gasteiger partial charge in [0.25, 0.3) is 0 Å². The number of hydrogen-bond donors (Lipinski definition) is 0. The van der Waals surface area contributed by atoms with Crippen molar-refractivity contribution in [1.82, 2.24) is 4.42 Å². The predicted molar refractivity (Wildman–Crippen MR) is 65.2 cm³/mol. The first-order chi connectivity index (χ1) is 7.65. The van der Waals surface area contributed by atoms with Crippen LogP contribution in [-0.4, -0.2) is 22.5 Å². The molecular weight excluding hydrogens is 246 g/mol. The minimum atomic E-state index is -0.295. The lowest BCUT2D eigenvalue weighted by atomic mass is 10.4. The summed E-state index contributed by atoms with van der Waals surface area (Å²) in [6.45, 7) is 0. The highest BCUT2D eigenvalue weighted by Gasteiger charge is 2.26. The Balaban J connectivity index is 0.000000160. The van der Waals surface area contributed by atoms with Crippen LogP contribution in [0.1, 0.15) is 12.8 Å². The quantitative estimate of drug-likeness (QED) is 0.441. The predicted octanol–water partition coefficient (Wildman–Crippen LogP) is 2.70. The van der Waals surface area contributed by atoms with Gasteiger partial charge in [0.05, 0.1) is 0 Å². The molecule has 1 saturated heterocycles. The zero-order valence-electron chi connectivity index (χ0n) is 8.85. The summed E-state index contributed by atoms with van der Waals surface area (Å²) < 4.78 is 0.639. The molecule has 1 aromatic rings. The average molecular weight is 258 g/mol. The second-order valence-electron chi connectivity index (χ2n) is 3.09. The summed E-state index contributed by atoms with van der Waals surface area (Å²) in [5.74, 6) is -0.590. The van der Waals surface area contributed by atoms with E-state index in [1.54, 1.807) is 11.8 Å². The van der Waals surface area contributed by atoms with Gasteiger partial charge >= 0.3 is 0 Å². The summed E-state index contributed by atoms with van der Waals surface area (Å²) in [6, 6.07) is 10.3. The summed E-state index contributed by atoms with van der Waals surface area (Å²) in [7, 11) is 0. The lowest BCUT2D eigenvalue weighted by molar-refractivity contribution is -0.132. The first kappa shape index (κ1) is 13.1. The van der Waals surface area contributed by atoms with Gasteiger partial charge in [-0.2, -0.15) is 4.42 Å². The van der Waals surface area contributed by atoms with E-state index in [0.29, 0.717) is 4.42 Å². The lowest BCUT2D eigenvalue weighted by Crippen LogP contribution is -2.16. The van der Waals surface area contributed by atoms with Gasteiger partial charge in [-0.15, -0.1) is 11.8 Å². The molecule has 2 rings (SSSR count). The zero-order chi connectivity index (χ0) is 12.0. The van der Waals surface area contributed by atoms with Crippen molar-refractivity contribution in [3.05, 3.63) is 30.3 Å². The maximum absolute atomic E-state index is 10.4. The molecule has 2 amide bonds. The molecule has 0 N–H and O–H groups in total. The van der Waals surface area contributed by atoms with Crippen LogP contribution in [0, 0.1) is 0 Å². The van der Waals surface area contributed by atoms with Crippen molar-refractivity contribution in [2.45, 2.75) is 17.7 Å². The molecule has 0 saturated carbocycles. The normalized spacial score (nSPS) is 14.8. The van der Waals surface area contributed by atoms with Gasteiger partial charge in [-0.1, -0.05) is 18.2 Å². The smallest absolute Gasteiger partial charge is 0.244 e. The lowest BCUT2D eigenvalue weighted by Gasteiger charge is -1.96. The molecule has 16 heavy (non-hydrogen) atoms. The molecule has 5 heteroatoms. The molecule has 0 unspecified atom stereocenters. The summed E-state index contributed by atoms with van der Waals surface area (Å²) in [5, 5.41) is 0. The van der Waals surface area contributed by atoms with Crippen molar-refractivity contribution in [2.75, 3.05) is 6.26 Å². The number of hydrogen-bond acceptors (Lipinski definition) is 3. The van der Waals surface area contributed by atoms with E-state index in [1.807, 2.05) is 18.2 Å². The van der Waals surface area contributed by atoms with Crippen molar-refractivity contribution >= 4 is 35.4 Å². The minimum absolute atomic E-state index is 0.266. The SMILES string of the molecule is CSc1ccccc1.O=C1CCC(=O)N1Cl. The fraction of sp³-hybridized carbons (Fsp3) is 0.273. The maximum Gasteiger partial charge on any atom is 0.244 e. The van der Waals surface area contributed by atoms with E-state index < -0.39 is 0 Å². The molecule has 86 valence electrons. The molecule has 0 radical (unpaired) electrons. The van der Waals surface area contributed by atoms with E-state index in [1.165, 1.54) is 4.90 Å². The van der Waals surface area contributed by atoms with E-state index in [4.69, 9.17) is 11.8 Å². The van der Waals surface area contributed by atoms with Crippen LogP contribution >= 0.6 is 23.5 Å². The molecule has 1 fully saturated rings. The largest absolute Gasteiger partial charge is 0.273 e. The van der Waals surface area contributed by atoms with Crippen LogP contribution in [0.5, 0.6) is 0 Å². The highest BCUT2D eigenvalue weighted by molar-refractivity contribution is 7.98.